The molecule has 0 bridgehead atoms. The lowest BCUT2D eigenvalue weighted by molar-refractivity contribution is -0.118. The van der Waals surface area contributed by atoms with Crippen LogP contribution in [0.25, 0.3) is 0 Å². The fraction of sp³-hybridized carbons (Fsp3) is 0.150. The third-order valence-corrected chi connectivity index (χ3v) is 4.11. The second-order valence-corrected chi connectivity index (χ2v) is 6.47. The summed E-state index contributed by atoms with van der Waals surface area (Å²) in [5, 5.41) is 9.64. The van der Waals surface area contributed by atoms with E-state index in [0.717, 1.165) is 5.56 Å². The van der Waals surface area contributed by atoms with Gasteiger partial charge in [-0.3, -0.25) is 9.59 Å². The summed E-state index contributed by atoms with van der Waals surface area (Å²) in [7, 11) is 0. The van der Waals surface area contributed by atoms with Gasteiger partial charge in [-0.25, -0.2) is 0 Å². The van der Waals surface area contributed by atoms with Crippen LogP contribution in [-0.2, 0) is 11.2 Å². The highest BCUT2D eigenvalue weighted by Gasteiger charge is 2.23. The smallest absolute Gasteiger partial charge is 0.251 e. The molecule has 27 heavy (non-hydrogen) atoms. The van der Waals surface area contributed by atoms with Crippen molar-refractivity contribution in [2.24, 2.45) is 0 Å². The van der Waals surface area contributed by atoms with Crippen LogP contribution in [-0.4, -0.2) is 23.0 Å². The molecule has 2 aromatic carbocycles. The van der Waals surface area contributed by atoms with E-state index in [1.54, 1.807) is 37.3 Å². The number of carbonyl (C=O) groups excluding carboxylic acids is 2. The highest BCUT2D eigenvalue weighted by Crippen LogP contribution is 2.13. The molecule has 3 aromatic rings. The number of anilines is 1. The molecule has 1 heterocycles. The van der Waals surface area contributed by atoms with Gasteiger partial charge in [-0.15, -0.1) is 0 Å². The number of aryl methyl sites for hydroxylation is 1. The third-order valence-electron chi connectivity index (χ3n) is 3.87. The van der Waals surface area contributed by atoms with E-state index >= 15 is 0 Å². The molecule has 0 spiro atoms. The molecular weight excluding hydrogens is 366 g/mol. The molecule has 0 aliphatic heterocycles. The number of nitrogens with one attached hydrogen (secondary N) is 2. The maximum atomic E-state index is 12.7. The zero-order valence-corrected chi connectivity index (χ0v) is 15.4. The number of nitrogens with zero attached hydrogens (tertiary/aromatic N) is 1. The molecule has 7 heteroatoms. The van der Waals surface area contributed by atoms with Crippen molar-refractivity contribution in [3.8, 4) is 0 Å². The monoisotopic (exact) mass is 383 g/mol. The minimum Gasteiger partial charge on any atom is -0.360 e. The average Bonchev–Trinajstić information content (AvgIpc) is 3.06. The molecule has 2 amide bonds. The summed E-state index contributed by atoms with van der Waals surface area (Å²) in [5.41, 5.74) is 1.30. The predicted molar refractivity (Wildman–Crippen MR) is 103 cm³/mol. The van der Waals surface area contributed by atoms with E-state index in [0.29, 0.717) is 28.6 Å². The summed E-state index contributed by atoms with van der Waals surface area (Å²) in [4.78, 5) is 25.3. The van der Waals surface area contributed by atoms with Gasteiger partial charge in [0.2, 0.25) is 5.91 Å². The summed E-state index contributed by atoms with van der Waals surface area (Å²) < 4.78 is 4.96. The zero-order chi connectivity index (χ0) is 19.2. The Morgan fingerprint density at radius 2 is 1.89 bits per heavy atom. The first kappa shape index (κ1) is 18.7. The highest BCUT2D eigenvalue weighted by molar-refractivity contribution is 6.31. The quantitative estimate of drug-likeness (QED) is 0.681. The molecule has 1 aromatic heterocycles. The predicted octanol–water partition coefficient (Wildman–Crippen LogP) is 3.62. The number of rotatable bonds is 6. The maximum Gasteiger partial charge on any atom is 0.251 e. The fourth-order valence-corrected chi connectivity index (χ4v) is 2.76. The molecule has 6 nitrogen and oxygen atoms in total. The molecule has 1 unspecified atom stereocenters. The van der Waals surface area contributed by atoms with E-state index in [1.165, 1.54) is 0 Å². The van der Waals surface area contributed by atoms with Crippen LogP contribution >= 0.6 is 11.6 Å². The molecule has 0 radical (unpaired) electrons. The van der Waals surface area contributed by atoms with Crippen molar-refractivity contribution in [3.05, 3.63) is 82.6 Å². The largest absolute Gasteiger partial charge is 0.360 e. The molecule has 1 atom stereocenters. The number of carbonyl (C=O) groups is 2. The van der Waals surface area contributed by atoms with Gasteiger partial charge in [0.25, 0.3) is 5.91 Å². The van der Waals surface area contributed by atoms with Crippen LogP contribution in [0.5, 0.6) is 0 Å². The van der Waals surface area contributed by atoms with Crippen LogP contribution in [0, 0.1) is 6.92 Å². The molecule has 2 N–H and O–H groups in total. The van der Waals surface area contributed by atoms with Gasteiger partial charge in [-0.1, -0.05) is 53.2 Å². The molecule has 0 saturated carbocycles. The summed E-state index contributed by atoms with van der Waals surface area (Å²) in [5.74, 6) is 0.105. The van der Waals surface area contributed by atoms with Crippen molar-refractivity contribution in [1.29, 1.82) is 0 Å². The highest BCUT2D eigenvalue weighted by atomic mass is 35.5. The minimum atomic E-state index is -0.795. The first-order chi connectivity index (χ1) is 13.0. The van der Waals surface area contributed by atoms with Crippen molar-refractivity contribution >= 4 is 29.2 Å². The lowest BCUT2D eigenvalue weighted by atomic mass is 10.0. The normalized spacial score (nSPS) is 11.6. The molecule has 0 aliphatic rings. The van der Waals surface area contributed by atoms with Gasteiger partial charge in [0.15, 0.2) is 5.82 Å². The van der Waals surface area contributed by atoms with Crippen molar-refractivity contribution in [2.45, 2.75) is 19.4 Å². The standard InChI is InChI=1S/C20H18ClN3O3/c1-13-10-18(24-27-13)23-20(26)17(11-14-6-3-2-4-7-14)22-19(25)15-8-5-9-16(21)12-15/h2-10,12,17H,11H2,1H3,(H,22,25)(H,23,24,26). The van der Waals surface area contributed by atoms with E-state index in [1.807, 2.05) is 30.3 Å². The molecule has 0 fully saturated rings. The number of aromatic nitrogens is 1. The van der Waals surface area contributed by atoms with Gasteiger partial charge in [0.05, 0.1) is 0 Å². The Morgan fingerprint density at radius 3 is 2.56 bits per heavy atom. The Kier molecular flexibility index (Phi) is 5.88. The van der Waals surface area contributed by atoms with Crippen molar-refractivity contribution < 1.29 is 14.1 Å². The SMILES string of the molecule is Cc1cc(NC(=O)C(Cc2ccccc2)NC(=O)c2cccc(Cl)c2)no1. The van der Waals surface area contributed by atoms with E-state index in [4.69, 9.17) is 16.1 Å². The number of benzene rings is 2. The van der Waals surface area contributed by atoms with Gasteiger partial charge in [0, 0.05) is 23.1 Å². The van der Waals surface area contributed by atoms with E-state index in [2.05, 4.69) is 15.8 Å². The minimum absolute atomic E-state index is 0.299. The van der Waals surface area contributed by atoms with Crippen LogP contribution in [0.3, 0.4) is 0 Å². The Hall–Kier alpha value is -3.12. The summed E-state index contributed by atoms with van der Waals surface area (Å²) in [6.07, 6.45) is 0.329. The van der Waals surface area contributed by atoms with E-state index in [-0.39, 0.29) is 11.8 Å². The Morgan fingerprint density at radius 1 is 1.11 bits per heavy atom. The number of halogens is 1. The zero-order valence-electron chi connectivity index (χ0n) is 14.6. The topological polar surface area (TPSA) is 84.2 Å². The summed E-state index contributed by atoms with van der Waals surface area (Å²) in [6, 6.07) is 16.8. The average molecular weight is 384 g/mol. The molecular formula is C20H18ClN3O3. The maximum absolute atomic E-state index is 12.7. The van der Waals surface area contributed by atoms with Gasteiger partial charge in [-0.05, 0) is 30.7 Å². The third kappa shape index (κ3) is 5.18. The van der Waals surface area contributed by atoms with Crippen molar-refractivity contribution in [1.82, 2.24) is 10.5 Å². The van der Waals surface area contributed by atoms with Crippen LogP contribution in [0.2, 0.25) is 5.02 Å². The van der Waals surface area contributed by atoms with E-state index in [9.17, 15) is 9.59 Å². The van der Waals surface area contributed by atoms with E-state index < -0.39 is 6.04 Å². The first-order valence-corrected chi connectivity index (χ1v) is 8.73. The Bertz CT molecular complexity index is 940. The second-order valence-electron chi connectivity index (χ2n) is 6.04. The van der Waals surface area contributed by atoms with Crippen LogP contribution < -0.4 is 10.6 Å². The van der Waals surface area contributed by atoms with Crippen molar-refractivity contribution in [2.75, 3.05) is 5.32 Å². The first-order valence-electron chi connectivity index (χ1n) is 8.36. The number of hydrogen-bond donors (Lipinski definition) is 2. The fourth-order valence-electron chi connectivity index (χ4n) is 2.57. The second kappa shape index (κ2) is 8.51. The Labute approximate surface area is 161 Å². The molecule has 0 aliphatic carbocycles. The molecule has 3 rings (SSSR count). The van der Waals surface area contributed by atoms with Crippen LogP contribution in [0.4, 0.5) is 5.82 Å². The molecule has 0 saturated heterocycles. The lowest BCUT2D eigenvalue weighted by Gasteiger charge is -2.18. The summed E-state index contributed by atoms with van der Waals surface area (Å²) >= 11 is 5.95. The van der Waals surface area contributed by atoms with Crippen molar-refractivity contribution in [3.63, 3.8) is 0 Å². The van der Waals surface area contributed by atoms with Gasteiger partial charge >= 0.3 is 0 Å². The van der Waals surface area contributed by atoms with Gasteiger partial charge in [-0.2, -0.15) is 0 Å². The summed E-state index contributed by atoms with van der Waals surface area (Å²) in [6.45, 7) is 1.73. The van der Waals surface area contributed by atoms with Crippen LogP contribution in [0.1, 0.15) is 21.7 Å². The van der Waals surface area contributed by atoms with Gasteiger partial charge in [0.1, 0.15) is 11.8 Å². The lowest BCUT2D eigenvalue weighted by Crippen LogP contribution is -2.45. The Balaban J connectivity index is 1.78. The number of hydrogen-bond acceptors (Lipinski definition) is 4. The van der Waals surface area contributed by atoms with Crippen LogP contribution in [0.15, 0.2) is 65.2 Å². The van der Waals surface area contributed by atoms with Gasteiger partial charge < -0.3 is 15.2 Å². The molecule has 138 valence electrons. The number of amides is 2.